The van der Waals surface area contributed by atoms with Crippen LogP contribution in [0.1, 0.15) is 21.9 Å². The Balaban J connectivity index is 1.66. The lowest BCUT2D eigenvalue weighted by molar-refractivity contribution is 0.0977. The molecule has 1 amide bonds. The summed E-state index contributed by atoms with van der Waals surface area (Å²) in [5.41, 5.74) is 1.92. The first-order valence-corrected chi connectivity index (χ1v) is 13.9. The van der Waals surface area contributed by atoms with Crippen LogP contribution in [0.3, 0.4) is 0 Å². The zero-order chi connectivity index (χ0) is 23.0. The number of hydrogen-bond donors (Lipinski definition) is 1. The number of amides is 1. The topological polar surface area (TPSA) is 94.0 Å². The fraction of sp³-hybridized carbons (Fsp3) is 0.150. The number of aryl methyl sites for hydroxylation is 1. The summed E-state index contributed by atoms with van der Waals surface area (Å²) in [6, 6.07) is 12.0. The third-order valence-electron chi connectivity index (χ3n) is 4.64. The summed E-state index contributed by atoms with van der Waals surface area (Å²) >= 11 is 12.3. The van der Waals surface area contributed by atoms with Crippen LogP contribution in [-0.4, -0.2) is 35.1 Å². The summed E-state index contributed by atoms with van der Waals surface area (Å²) in [6.07, 6.45) is 1.98. The quantitative estimate of drug-likeness (QED) is 0.324. The third-order valence-corrected chi connectivity index (χ3v) is 9.17. The van der Waals surface area contributed by atoms with Crippen LogP contribution in [0.25, 0.3) is 11.2 Å². The number of carbonyl (C=O) groups is 1. The zero-order valence-corrected chi connectivity index (χ0v) is 21.6. The van der Waals surface area contributed by atoms with E-state index in [1.165, 1.54) is 12.1 Å². The van der Waals surface area contributed by atoms with Crippen LogP contribution in [0.2, 0.25) is 5.02 Å². The lowest BCUT2D eigenvalue weighted by Gasteiger charge is -2.10. The van der Waals surface area contributed by atoms with E-state index in [-0.39, 0.29) is 9.90 Å². The zero-order valence-electron chi connectivity index (χ0n) is 16.8. The molecule has 12 heteroatoms. The predicted molar refractivity (Wildman–Crippen MR) is 131 cm³/mol. The number of aromatic nitrogens is 3. The Bertz CT molecular complexity index is 1450. The van der Waals surface area contributed by atoms with Crippen molar-refractivity contribution in [3.8, 4) is 0 Å². The average molecular weight is 572 g/mol. The fourth-order valence-electron chi connectivity index (χ4n) is 3.05. The van der Waals surface area contributed by atoms with E-state index >= 15 is 0 Å². The largest absolute Gasteiger partial charge is 0.308 e. The number of thiophene rings is 1. The molecule has 166 valence electrons. The molecule has 1 N–H and O–H groups in total. The van der Waals surface area contributed by atoms with Crippen LogP contribution in [0.15, 0.2) is 55.4 Å². The van der Waals surface area contributed by atoms with E-state index in [1.807, 2.05) is 35.9 Å². The maximum atomic E-state index is 12.7. The normalized spacial score (nSPS) is 11.8. The van der Waals surface area contributed by atoms with E-state index < -0.39 is 15.9 Å². The van der Waals surface area contributed by atoms with Crippen LogP contribution >= 0.6 is 50.6 Å². The van der Waals surface area contributed by atoms with Crippen molar-refractivity contribution in [3.05, 3.63) is 68.4 Å². The Kier molecular flexibility index (Phi) is 6.64. The smallest absolute Gasteiger partial charge is 0.283 e. The molecule has 0 aliphatic heterocycles. The van der Waals surface area contributed by atoms with Crippen molar-refractivity contribution in [2.45, 2.75) is 22.6 Å². The second kappa shape index (κ2) is 9.14. The van der Waals surface area contributed by atoms with Crippen LogP contribution in [0.4, 0.5) is 0 Å². The SMILES string of the molecule is CSc1ccc(Cn2c(C)nc3ccc(C(=O)NS(=O)(=O)c4ccc(Br)s4)nc32)c(Cl)c1. The number of imidazole rings is 1. The van der Waals surface area contributed by atoms with Gasteiger partial charge in [0.1, 0.15) is 21.2 Å². The molecular weight excluding hydrogens is 556 g/mol. The number of sulfonamides is 1. The van der Waals surface area contributed by atoms with Gasteiger partial charge in [-0.3, -0.25) is 4.79 Å². The van der Waals surface area contributed by atoms with Gasteiger partial charge in [-0.25, -0.2) is 23.1 Å². The van der Waals surface area contributed by atoms with Crippen LogP contribution < -0.4 is 4.72 Å². The minimum atomic E-state index is -4.00. The first-order chi connectivity index (χ1) is 15.2. The van der Waals surface area contributed by atoms with Gasteiger partial charge in [0.15, 0.2) is 5.65 Å². The number of nitrogens with zero attached hydrogens (tertiary/aromatic N) is 3. The van der Waals surface area contributed by atoms with E-state index in [9.17, 15) is 13.2 Å². The number of halogens is 2. The Labute approximate surface area is 206 Å². The van der Waals surface area contributed by atoms with E-state index in [4.69, 9.17) is 11.6 Å². The number of rotatable bonds is 6. The second-order valence-electron chi connectivity index (χ2n) is 6.73. The number of nitrogens with one attached hydrogen (secondary N) is 1. The van der Waals surface area contributed by atoms with Gasteiger partial charge in [-0.1, -0.05) is 17.7 Å². The van der Waals surface area contributed by atoms with Crippen molar-refractivity contribution in [3.63, 3.8) is 0 Å². The third kappa shape index (κ3) is 4.72. The molecule has 0 radical (unpaired) electrons. The highest BCUT2D eigenvalue weighted by Crippen LogP contribution is 2.27. The summed E-state index contributed by atoms with van der Waals surface area (Å²) in [5.74, 6) is -0.115. The minimum Gasteiger partial charge on any atom is -0.308 e. The Hall–Kier alpha value is -1.92. The Morgan fingerprint density at radius 1 is 1.22 bits per heavy atom. The van der Waals surface area contributed by atoms with Gasteiger partial charge in [0.05, 0.1) is 10.3 Å². The molecule has 0 unspecified atom stereocenters. The molecule has 3 heterocycles. The molecule has 0 atom stereocenters. The van der Waals surface area contributed by atoms with Crippen molar-refractivity contribution in [1.82, 2.24) is 19.3 Å². The van der Waals surface area contributed by atoms with Crippen LogP contribution in [0, 0.1) is 6.92 Å². The number of carbonyl (C=O) groups excluding carboxylic acids is 1. The first-order valence-electron chi connectivity index (χ1n) is 9.17. The molecule has 0 bridgehead atoms. The molecule has 3 aromatic heterocycles. The monoisotopic (exact) mass is 570 g/mol. The maximum Gasteiger partial charge on any atom is 0.283 e. The fourth-order valence-corrected chi connectivity index (χ4v) is 6.77. The van der Waals surface area contributed by atoms with E-state index in [2.05, 4.69) is 30.6 Å². The number of benzene rings is 1. The number of pyridine rings is 1. The lowest BCUT2D eigenvalue weighted by Crippen LogP contribution is -2.30. The molecule has 0 aliphatic rings. The van der Waals surface area contributed by atoms with Crippen LogP contribution in [-0.2, 0) is 16.6 Å². The molecule has 0 saturated carbocycles. The maximum absolute atomic E-state index is 12.7. The van der Waals surface area contributed by atoms with Gasteiger partial charge >= 0.3 is 0 Å². The van der Waals surface area contributed by atoms with Gasteiger partial charge in [0, 0.05) is 9.92 Å². The predicted octanol–water partition coefficient (Wildman–Crippen LogP) is 5.11. The van der Waals surface area contributed by atoms with E-state index in [1.54, 1.807) is 23.9 Å². The molecular formula is C20H16BrClN4O3S3. The molecule has 7 nitrogen and oxygen atoms in total. The van der Waals surface area contributed by atoms with Crippen molar-refractivity contribution < 1.29 is 13.2 Å². The summed E-state index contributed by atoms with van der Waals surface area (Å²) in [4.78, 5) is 22.6. The lowest BCUT2D eigenvalue weighted by atomic mass is 10.2. The van der Waals surface area contributed by atoms with E-state index in [0.717, 1.165) is 21.8 Å². The summed E-state index contributed by atoms with van der Waals surface area (Å²) < 4.78 is 29.6. The van der Waals surface area contributed by atoms with Crippen molar-refractivity contribution in [2.75, 3.05) is 6.26 Å². The summed E-state index contributed by atoms with van der Waals surface area (Å²) in [5, 5.41) is 0.625. The standard InChI is InChI=1S/C20H16BrClN4O3S3/c1-11-23-15-5-6-16(20(27)25-32(28,29)18-8-7-17(21)31-18)24-19(15)26(11)10-12-3-4-13(30-2)9-14(12)22/h3-9H,10H2,1-2H3,(H,25,27). The van der Waals surface area contributed by atoms with Crippen molar-refractivity contribution >= 4 is 77.7 Å². The van der Waals surface area contributed by atoms with E-state index in [0.29, 0.717) is 32.3 Å². The van der Waals surface area contributed by atoms with Crippen LogP contribution in [0.5, 0.6) is 0 Å². The molecule has 0 fully saturated rings. The summed E-state index contributed by atoms with van der Waals surface area (Å²) in [7, 11) is -4.00. The highest BCUT2D eigenvalue weighted by atomic mass is 79.9. The highest BCUT2D eigenvalue weighted by Gasteiger charge is 2.22. The Morgan fingerprint density at radius 2 is 2.00 bits per heavy atom. The van der Waals surface area contributed by atoms with Crippen molar-refractivity contribution in [1.29, 1.82) is 0 Å². The van der Waals surface area contributed by atoms with Gasteiger partial charge in [0.2, 0.25) is 0 Å². The second-order valence-corrected chi connectivity index (χ2v) is 12.4. The highest BCUT2D eigenvalue weighted by molar-refractivity contribution is 9.11. The molecule has 0 spiro atoms. The first kappa shape index (κ1) is 23.2. The molecule has 0 saturated heterocycles. The van der Waals surface area contributed by atoms with Gasteiger partial charge in [-0.15, -0.1) is 23.1 Å². The van der Waals surface area contributed by atoms with Gasteiger partial charge in [-0.2, -0.15) is 0 Å². The molecule has 4 rings (SSSR count). The summed E-state index contributed by atoms with van der Waals surface area (Å²) in [6.45, 7) is 2.25. The van der Waals surface area contributed by atoms with Gasteiger partial charge in [0.25, 0.3) is 15.9 Å². The minimum absolute atomic E-state index is 0.0262. The van der Waals surface area contributed by atoms with Gasteiger partial charge in [-0.05, 0) is 71.1 Å². The molecule has 4 aromatic rings. The molecule has 32 heavy (non-hydrogen) atoms. The van der Waals surface area contributed by atoms with Crippen molar-refractivity contribution in [2.24, 2.45) is 0 Å². The molecule has 1 aromatic carbocycles. The number of fused-ring (bicyclic) bond motifs is 1. The number of hydrogen-bond acceptors (Lipinski definition) is 7. The average Bonchev–Trinajstić information content (AvgIpc) is 3.32. The number of thioether (sulfide) groups is 1. The molecule has 0 aliphatic carbocycles. The van der Waals surface area contributed by atoms with Gasteiger partial charge < -0.3 is 4.57 Å². The Morgan fingerprint density at radius 3 is 2.66 bits per heavy atom.